The minimum absolute atomic E-state index is 0.0230. The van der Waals surface area contributed by atoms with Crippen LogP contribution in [0.4, 0.5) is 11.4 Å². The lowest BCUT2D eigenvalue weighted by Crippen LogP contribution is -2.32. The lowest BCUT2D eigenvalue weighted by atomic mass is 10.0. The monoisotopic (exact) mass is 543 g/mol. The molecule has 0 saturated heterocycles. The number of anilines is 2. The van der Waals surface area contributed by atoms with Crippen molar-refractivity contribution in [2.24, 2.45) is 0 Å². The van der Waals surface area contributed by atoms with Crippen molar-refractivity contribution in [2.45, 2.75) is 17.9 Å². The molecule has 1 heterocycles. The van der Waals surface area contributed by atoms with Crippen LogP contribution in [0.1, 0.15) is 18.5 Å². The Hall–Kier alpha value is -2.21. The Labute approximate surface area is 183 Å². The molecule has 3 rings (SSSR count). The minimum Gasteiger partial charge on any atom is -0.477 e. The van der Waals surface area contributed by atoms with Crippen LogP contribution in [-0.2, 0) is 19.6 Å². The number of rotatable bonds is 5. The highest BCUT2D eigenvalue weighted by atomic mass is 79.9. The summed E-state index contributed by atoms with van der Waals surface area (Å²) in [4.78, 5) is 22.6. The third-order valence-electron chi connectivity index (χ3n) is 4.01. The quantitative estimate of drug-likeness (QED) is 0.456. The third-order valence-corrected chi connectivity index (χ3v) is 6.58. The number of carboxylic acids is 1. The first kappa shape index (κ1) is 21.5. The van der Waals surface area contributed by atoms with Gasteiger partial charge in [-0.2, -0.15) is 4.72 Å². The standard InChI is InChI=1S/C18H15Br2N3O5S/c1-9(24)21-11-2-4-12(5-3-11)29(27,28)23-15-8-16(18(25)26)22-14-7-10(19)6-13(20)17(14)15/h2-8,15,22-23H,1H3,(H,21,24)(H,25,26). The molecular formula is C18H15Br2N3O5S. The van der Waals surface area contributed by atoms with Gasteiger partial charge in [0, 0.05) is 32.8 Å². The van der Waals surface area contributed by atoms with Crippen LogP contribution in [0.25, 0.3) is 0 Å². The summed E-state index contributed by atoms with van der Waals surface area (Å²) in [5.41, 5.74) is 1.33. The molecule has 152 valence electrons. The van der Waals surface area contributed by atoms with Gasteiger partial charge in [0.2, 0.25) is 15.9 Å². The molecule has 8 nitrogen and oxygen atoms in total. The van der Waals surface area contributed by atoms with Gasteiger partial charge in [0.15, 0.2) is 0 Å². The summed E-state index contributed by atoms with van der Waals surface area (Å²) in [5, 5.41) is 14.7. The fraction of sp³-hybridized carbons (Fsp3) is 0.111. The molecule has 0 aromatic heterocycles. The smallest absolute Gasteiger partial charge is 0.352 e. The lowest BCUT2D eigenvalue weighted by molar-refractivity contribution is -0.132. The van der Waals surface area contributed by atoms with Gasteiger partial charge in [-0.15, -0.1) is 0 Å². The van der Waals surface area contributed by atoms with Gasteiger partial charge in [0.1, 0.15) is 5.70 Å². The number of hydrogen-bond acceptors (Lipinski definition) is 5. The van der Waals surface area contributed by atoms with E-state index < -0.39 is 22.0 Å². The maximum Gasteiger partial charge on any atom is 0.352 e. The average Bonchev–Trinajstić information content (AvgIpc) is 2.60. The Balaban J connectivity index is 1.97. The van der Waals surface area contributed by atoms with E-state index in [4.69, 9.17) is 0 Å². The number of aliphatic carboxylic acids is 1. The van der Waals surface area contributed by atoms with Gasteiger partial charge in [-0.05, 0) is 42.5 Å². The first-order valence-electron chi connectivity index (χ1n) is 8.18. The average molecular weight is 545 g/mol. The van der Waals surface area contributed by atoms with Crippen LogP contribution in [0.2, 0.25) is 0 Å². The molecule has 0 bridgehead atoms. The highest BCUT2D eigenvalue weighted by Gasteiger charge is 2.29. The van der Waals surface area contributed by atoms with Gasteiger partial charge in [-0.25, -0.2) is 13.2 Å². The number of fused-ring (bicyclic) bond motifs is 1. The molecule has 0 fully saturated rings. The van der Waals surface area contributed by atoms with E-state index in [0.717, 1.165) is 0 Å². The van der Waals surface area contributed by atoms with Gasteiger partial charge in [0.05, 0.1) is 10.9 Å². The summed E-state index contributed by atoms with van der Waals surface area (Å²) in [5.74, 6) is -1.48. The number of nitrogens with one attached hydrogen (secondary N) is 3. The maximum atomic E-state index is 12.9. The first-order valence-corrected chi connectivity index (χ1v) is 11.2. The number of sulfonamides is 1. The zero-order chi connectivity index (χ0) is 21.3. The van der Waals surface area contributed by atoms with E-state index >= 15 is 0 Å². The Morgan fingerprint density at radius 2 is 1.79 bits per heavy atom. The van der Waals surface area contributed by atoms with E-state index in [1.165, 1.54) is 37.3 Å². The second kappa shape index (κ2) is 8.27. The van der Waals surface area contributed by atoms with E-state index in [2.05, 4.69) is 47.2 Å². The number of hydrogen-bond donors (Lipinski definition) is 4. The van der Waals surface area contributed by atoms with Crippen LogP contribution < -0.4 is 15.4 Å². The zero-order valence-electron chi connectivity index (χ0n) is 14.9. The normalized spacial score (nSPS) is 15.7. The number of amides is 1. The summed E-state index contributed by atoms with van der Waals surface area (Å²) in [6.07, 6.45) is 1.30. The Morgan fingerprint density at radius 3 is 2.38 bits per heavy atom. The van der Waals surface area contributed by atoms with Crippen LogP contribution >= 0.6 is 31.9 Å². The van der Waals surface area contributed by atoms with Crippen LogP contribution in [0.15, 0.2) is 62.0 Å². The minimum atomic E-state index is -3.98. The fourth-order valence-corrected chi connectivity index (χ4v) is 5.44. The summed E-state index contributed by atoms with van der Waals surface area (Å²) in [7, 11) is -3.98. The SMILES string of the molecule is CC(=O)Nc1ccc(S(=O)(=O)NC2C=C(C(=O)O)Nc3cc(Br)cc(Br)c32)cc1. The highest BCUT2D eigenvalue weighted by molar-refractivity contribution is 9.11. The number of carbonyl (C=O) groups excluding carboxylic acids is 1. The molecule has 1 amide bonds. The molecule has 1 aliphatic rings. The van der Waals surface area contributed by atoms with Gasteiger partial charge >= 0.3 is 5.97 Å². The predicted molar refractivity (Wildman–Crippen MR) is 115 cm³/mol. The van der Waals surface area contributed by atoms with Crippen molar-refractivity contribution in [2.75, 3.05) is 10.6 Å². The van der Waals surface area contributed by atoms with Crippen molar-refractivity contribution in [3.63, 3.8) is 0 Å². The van der Waals surface area contributed by atoms with E-state index in [1.807, 2.05) is 0 Å². The van der Waals surface area contributed by atoms with Crippen LogP contribution in [0, 0.1) is 0 Å². The zero-order valence-corrected chi connectivity index (χ0v) is 18.9. The summed E-state index contributed by atoms with van der Waals surface area (Å²) in [6, 6.07) is 8.14. The second-order valence-corrected chi connectivity index (χ2v) is 9.65. The molecule has 1 atom stereocenters. The number of benzene rings is 2. The molecule has 2 aromatic carbocycles. The topological polar surface area (TPSA) is 125 Å². The van der Waals surface area contributed by atoms with Crippen molar-refractivity contribution in [3.8, 4) is 0 Å². The van der Waals surface area contributed by atoms with Crippen molar-refractivity contribution < 1.29 is 23.1 Å². The molecule has 4 N–H and O–H groups in total. The van der Waals surface area contributed by atoms with Crippen molar-refractivity contribution in [1.29, 1.82) is 0 Å². The largest absolute Gasteiger partial charge is 0.477 e. The lowest BCUT2D eigenvalue weighted by Gasteiger charge is -2.26. The Morgan fingerprint density at radius 1 is 1.14 bits per heavy atom. The molecule has 1 aliphatic heterocycles. The predicted octanol–water partition coefficient (Wildman–Crippen LogP) is 3.58. The Kier molecular flexibility index (Phi) is 6.13. The summed E-state index contributed by atoms with van der Waals surface area (Å²) in [6.45, 7) is 1.35. The highest BCUT2D eigenvalue weighted by Crippen LogP contribution is 2.39. The molecular weight excluding hydrogens is 530 g/mol. The van der Waals surface area contributed by atoms with Crippen molar-refractivity contribution in [3.05, 3.63) is 62.7 Å². The molecule has 11 heteroatoms. The van der Waals surface area contributed by atoms with Crippen LogP contribution in [-0.4, -0.2) is 25.4 Å². The number of halogens is 2. The van der Waals surface area contributed by atoms with Gasteiger partial charge in [0.25, 0.3) is 0 Å². The van der Waals surface area contributed by atoms with E-state index in [9.17, 15) is 23.1 Å². The van der Waals surface area contributed by atoms with Gasteiger partial charge in [-0.3, -0.25) is 4.79 Å². The van der Waals surface area contributed by atoms with Crippen molar-refractivity contribution in [1.82, 2.24) is 4.72 Å². The summed E-state index contributed by atoms with van der Waals surface area (Å²) >= 11 is 6.74. The van der Waals surface area contributed by atoms with Crippen LogP contribution in [0.5, 0.6) is 0 Å². The molecule has 29 heavy (non-hydrogen) atoms. The molecule has 2 aromatic rings. The fourth-order valence-electron chi connectivity index (χ4n) is 2.81. The first-order chi connectivity index (χ1) is 13.6. The molecule has 0 spiro atoms. The number of carbonyl (C=O) groups is 2. The van der Waals surface area contributed by atoms with E-state index in [1.54, 1.807) is 12.1 Å². The van der Waals surface area contributed by atoms with Crippen molar-refractivity contribution >= 4 is 65.1 Å². The van der Waals surface area contributed by atoms with Gasteiger partial charge < -0.3 is 15.7 Å². The van der Waals surface area contributed by atoms with Gasteiger partial charge in [-0.1, -0.05) is 31.9 Å². The molecule has 1 unspecified atom stereocenters. The number of carboxylic acid groups (broad SMARTS) is 1. The van der Waals surface area contributed by atoms with E-state index in [0.29, 0.717) is 25.9 Å². The Bertz CT molecular complexity index is 1130. The summed E-state index contributed by atoms with van der Waals surface area (Å²) < 4.78 is 29.6. The molecule has 0 radical (unpaired) electrons. The maximum absolute atomic E-state index is 12.9. The van der Waals surface area contributed by atoms with Crippen LogP contribution in [0.3, 0.4) is 0 Å². The second-order valence-electron chi connectivity index (χ2n) is 6.16. The molecule has 0 aliphatic carbocycles. The third kappa shape index (κ3) is 4.86. The van der Waals surface area contributed by atoms with E-state index in [-0.39, 0.29) is 16.5 Å². The molecule has 0 saturated carbocycles.